The molecule has 0 spiro atoms. The maximum absolute atomic E-state index is 6.40. The lowest BCUT2D eigenvalue weighted by Crippen LogP contribution is -2.36. The van der Waals surface area contributed by atoms with Crippen molar-refractivity contribution in [1.29, 1.82) is 0 Å². The van der Waals surface area contributed by atoms with Gasteiger partial charge in [-0.25, -0.2) is 4.98 Å². The first-order valence-corrected chi connectivity index (χ1v) is 10.0. The molecule has 1 saturated heterocycles. The Kier molecular flexibility index (Phi) is 5.15. The topological polar surface area (TPSA) is 30.3 Å². The number of aromatic nitrogens is 2. The number of ether oxygens (including phenoxy) is 1. The molecule has 7 heteroatoms. The summed E-state index contributed by atoms with van der Waals surface area (Å²) in [6, 6.07) is 10.1. The van der Waals surface area contributed by atoms with E-state index in [9.17, 15) is 0 Å². The van der Waals surface area contributed by atoms with Gasteiger partial charge in [-0.15, -0.1) is 0 Å². The third-order valence-electron chi connectivity index (χ3n) is 4.72. The van der Waals surface area contributed by atoms with E-state index >= 15 is 0 Å². The van der Waals surface area contributed by atoms with Crippen molar-refractivity contribution in [3.05, 3.63) is 56.2 Å². The van der Waals surface area contributed by atoms with E-state index in [0.29, 0.717) is 16.6 Å². The highest BCUT2D eigenvalue weighted by Crippen LogP contribution is 2.33. The minimum Gasteiger partial charge on any atom is -0.378 e. The number of morpholine rings is 1. The first kappa shape index (κ1) is 18.1. The summed E-state index contributed by atoms with van der Waals surface area (Å²) in [6.07, 6.45) is 0. The van der Waals surface area contributed by atoms with E-state index in [-0.39, 0.29) is 0 Å². The van der Waals surface area contributed by atoms with Crippen LogP contribution in [0.25, 0.3) is 11.0 Å². The Hall–Kier alpha value is -1.27. The van der Waals surface area contributed by atoms with Gasteiger partial charge in [-0.1, -0.05) is 35.3 Å². The second kappa shape index (κ2) is 7.39. The van der Waals surface area contributed by atoms with E-state index in [4.69, 9.17) is 32.9 Å². The second-order valence-corrected chi connectivity index (χ2v) is 7.99. The van der Waals surface area contributed by atoms with Crippen molar-refractivity contribution in [2.75, 3.05) is 31.2 Å². The molecule has 3 aromatic rings. The average molecular weight is 455 g/mol. The Bertz CT molecular complexity index is 967. The first-order valence-electron chi connectivity index (χ1n) is 8.46. The molecule has 2 heterocycles. The van der Waals surface area contributed by atoms with Crippen molar-refractivity contribution in [3.63, 3.8) is 0 Å². The fourth-order valence-corrected chi connectivity index (χ4v) is 4.23. The Morgan fingerprint density at radius 1 is 1.19 bits per heavy atom. The molecule has 4 rings (SSSR count). The van der Waals surface area contributed by atoms with Crippen LogP contribution in [-0.4, -0.2) is 35.9 Å². The molecule has 4 nitrogen and oxygen atoms in total. The van der Waals surface area contributed by atoms with Crippen molar-refractivity contribution < 1.29 is 4.74 Å². The Balaban J connectivity index is 1.80. The van der Waals surface area contributed by atoms with E-state index in [1.807, 2.05) is 19.1 Å². The zero-order chi connectivity index (χ0) is 18.3. The molecule has 1 aliphatic rings. The van der Waals surface area contributed by atoms with E-state index in [1.165, 1.54) is 5.69 Å². The van der Waals surface area contributed by atoms with Gasteiger partial charge in [0.25, 0.3) is 0 Å². The van der Waals surface area contributed by atoms with Crippen LogP contribution in [0.1, 0.15) is 11.4 Å². The minimum absolute atomic E-state index is 0.571. The van der Waals surface area contributed by atoms with Gasteiger partial charge in [0.2, 0.25) is 0 Å². The van der Waals surface area contributed by atoms with Crippen LogP contribution in [-0.2, 0) is 11.3 Å². The van der Waals surface area contributed by atoms with Crippen molar-refractivity contribution in [3.8, 4) is 0 Å². The number of hydrogen-bond donors (Lipinski definition) is 0. The monoisotopic (exact) mass is 453 g/mol. The van der Waals surface area contributed by atoms with Gasteiger partial charge in [-0.2, -0.15) is 0 Å². The third kappa shape index (κ3) is 3.33. The molecular weight excluding hydrogens is 437 g/mol. The molecule has 0 saturated carbocycles. The number of nitrogens with zero attached hydrogens (tertiary/aromatic N) is 3. The van der Waals surface area contributed by atoms with Crippen LogP contribution in [0.3, 0.4) is 0 Å². The third-order valence-corrected chi connectivity index (χ3v) is 6.18. The number of hydrogen-bond acceptors (Lipinski definition) is 3. The molecule has 136 valence electrons. The van der Waals surface area contributed by atoms with Gasteiger partial charge in [-0.3, -0.25) is 0 Å². The largest absolute Gasteiger partial charge is 0.378 e. The van der Waals surface area contributed by atoms with Gasteiger partial charge in [0, 0.05) is 23.2 Å². The molecule has 0 amide bonds. The molecule has 0 radical (unpaired) electrons. The van der Waals surface area contributed by atoms with Gasteiger partial charge < -0.3 is 14.2 Å². The standard InChI is InChI=1S/C19H18BrCl2N3O/c1-12-23-19-15(20)9-14(24-5-7-26-8-6-24)10-17(19)25(12)11-13-3-2-4-16(21)18(13)22/h2-4,9-10H,5-8,11H2,1H3. The molecular formula is C19H18BrCl2N3O. The zero-order valence-corrected chi connectivity index (χ0v) is 17.4. The van der Waals surface area contributed by atoms with E-state index in [1.54, 1.807) is 6.07 Å². The summed E-state index contributed by atoms with van der Waals surface area (Å²) in [4.78, 5) is 7.08. The Labute approximate surface area is 170 Å². The van der Waals surface area contributed by atoms with Crippen LogP contribution < -0.4 is 4.90 Å². The molecule has 0 aliphatic carbocycles. The lowest BCUT2D eigenvalue weighted by atomic mass is 10.2. The van der Waals surface area contributed by atoms with E-state index in [2.05, 4.69) is 37.5 Å². The Morgan fingerprint density at radius 2 is 1.96 bits per heavy atom. The van der Waals surface area contributed by atoms with Gasteiger partial charge in [-0.05, 0) is 46.6 Å². The smallest absolute Gasteiger partial charge is 0.107 e. The summed E-state index contributed by atoms with van der Waals surface area (Å²) >= 11 is 16.3. The number of fused-ring (bicyclic) bond motifs is 1. The number of halogens is 3. The highest BCUT2D eigenvalue weighted by atomic mass is 79.9. The summed E-state index contributed by atoms with van der Waals surface area (Å²) in [6.45, 7) is 5.94. The molecule has 2 aromatic carbocycles. The van der Waals surface area contributed by atoms with Gasteiger partial charge in [0.15, 0.2) is 0 Å². The van der Waals surface area contributed by atoms with Crippen LogP contribution >= 0.6 is 39.1 Å². The minimum atomic E-state index is 0.571. The summed E-state index contributed by atoms with van der Waals surface area (Å²) in [5.74, 6) is 0.941. The normalized spacial score (nSPS) is 15.0. The number of benzene rings is 2. The molecule has 0 unspecified atom stereocenters. The van der Waals surface area contributed by atoms with E-state index < -0.39 is 0 Å². The van der Waals surface area contributed by atoms with Crippen molar-refractivity contribution >= 4 is 55.9 Å². The predicted octanol–water partition coefficient (Wildman–Crippen LogP) is 5.30. The molecule has 0 atom stereocenters. The van der Waals surface area contributed by atoms with Crippen LogP contribution in [0.15, 0.2) is 34.8 Å². The lowest BCUT2D eigenvalue weighted by Gasteiger charge is -2.29. The number of anilines is 1. The maximum Gasteiger partial charge on any atom is 0.107 e. The van der Waals surface area contributed by atoms with Gasteiger partial charge in [0.1, 0.15) is 11.3 Å². The first-order chi connectivity index (χ1) is 12.5. The highest BCUT2D eigenvalue weighted by Gasteiger charge is 2.17. The van der Waals surface area contributed by atoms with E-state index in [0.717, 1.165) is 53.2 Å². The highest BCUT2D eigenvalue weighted by molar-refractivity contribution is 9.10. The molecule has 1 aliphatic heterocycles. The van der Waals surface area contributed by atoms with Crippen LogP contribution in [0.2, 0.25) is 10.0 Å². The van der Waals surface area contributed by atoms with Crippen molar-refractivity contribution in [2.24, 2.45) is 0 Å². The molecule has 1 fully saturated rings. The summed E-state index contributed by atoms with van der Waals surface area (Å²) in [5.41, 5.74) is 4.19. The van der Waals surface area contributed by atoms with Crippen LogP contribution in [0.5, 0.6) is 0 Å². The van der Waals surface area contributed by atoms with Gasteiger partial charge >= 0.3 is 0 Å². The summed E-state index contributed by atoms with van der Waals surface area (Å²) in [7, 11) is 0. The van der Waals surface area contributed by atoms with Gasteiger partial charge in [0.05, 0.1) is 35.3 Å². The number of aryl methyl sites for hydroxylation is 1. The average Bonchev–Trinajstić information content (AvgIpc) is 2.96. The maximum atomic E-state index is 6.40. The summed E-state index contributed by atoms with van der Waals surface area (Å²) < 4.78 is 8.65. The fraction of sp³-hybridized carbons (Fsp3) is 0.316. The molecule has 1 aromatic heterocycles. The SMILES string of the molecule is Cc1nc2c(Br)cc(N3CCOCC3)cc2n1Cc1cccc(Cl)c1Cl. The van der Waals surface area contributed by atoms with Crippen LogP contribution in [0, 0.1) is 6.92 Å². The van der Waals surface area contributed by atoms with Crippen molar-refractivity contribution in [2.45, 2.75) is 13.5 Å². The number of imidazole rings is 1. The number of rotatable bonds is 3. The zero-order valence-electron chi connectivity index (χ0n) is 14.3. The fourth-order valence-electron chi connectivity index (χ4n) is 3.33. The predicted molar refractivity (Wildman–Crippen MR) is 111 cm³/mol. The molecule has 26 heavy (non-hydrogen) atoms. The molecule has 0 N–H and O–H groups in total. The lowest BCUT2D eigenvalue weighted by molar-refractivity contribution is 0.122. The molecule has 0 bridgehead atoms. The van der Waals surface area contributed by atoms with Crippen molar-refractivity contribution in [1.82, 2.24) is 9.55 Å². The summed E-state index contributed by atoms with van der Waals surface area (Å²) in [5, 5.41) is 1.17. The second-order valence-electron chi connectivity index (χ2n) is 6.35. The Morgan fingerprint density at radius 3 is 2.73 bits per heavy atom. The quantitative estimate of drug-likeness (QED) is 0.537. The van der Waals surface area contributed by atoms with Crippen LogP contribution in [0.4, 0.5) is 5.69 Å².